The zero-order valence-electron chi connectivity index (χ0n) is 15.9. The minimum absolute atomic E-state index is 0.0150. The minimum Gasteiger partial charge on any atom is -0.507 e. The first kappa shape index (κ1) is 21.7. The van der Waals surface area contributed by atoms with Gasteiger partial charge >= 0.3 is 12.1 Å². The number of aliphatic hydroxyl groups is 2. The van der Waals surface area contributed by atoms with E-state index in [1.54, 1.807) is 0 Å². The van der Waals surface area contributed by atoms with E-state index in [1.807, 2.05) is 0 Å². The highest BCUT2D eigenvalue weighted by Crippen LogP contribution is 2.39. The van der Waals surface area contributed by atoms with Gasteiger partial charge in [0.2, 0.25) is 0 Å². The summed E-state index contributed by atoms with van der Waals surface area (Å²) in [7, 11) is 0. The number of rotatable bonds is 5. The number of nitrogens with one attached hydrogen (secondary N) is 1. The maximum absolute atomic E-state index is 12.8. The normalized spacial score (nSPS) is 19.6. The van der Waals surface area contributed by atoms with Gasteiger partial charge in [-0.05, 0) is 43.4 Å². The van der Waals surface area contributed by atoms with Gasteiger partial charge in [-0.25, -0.2) is 0 Å². The van der Waals surface area contributed by atoms with Crippen molar-refractivity contribution in [2.75, 3.05) is 6.54 Å². The molecule has 1 aromatic carbocycles. The molecule has 1 unspecified atom stereocenters. The summed E-state index contributed by atoms with van der Waals surface area (Å²) in [6, 6.07) is 4.47. The van der Waals surface area contributed by atoms with Crippen LogP contribution in [-0.4, -0.2) is 44.9 Å². The molecular weight excluding hydrogens is 405 g/mol. The third-order valence-corrected chi connectivity index (χ3v) is 5.16. The van der Waals surface area contributed by atoms with E-state index in [4.69, 9.17) is 5.11 Å². The second-order valence-corrected chi connectivity index (χ2v) is 7.17. The molecule has 1 heterocycles. The summed E-state index contributed by atoms with van der Waals surface area (Å²) in [5.74, 6) is -2.58. The second-order valence-electron chi connectivity index (χ2n) is 7.17. The molecular formula is C20H21F3N2O5. The third-order valence-electron chi connectivity index (χ3n) is 5.16. The van der Waals surface area contributed by atoms with Crippen molar-refractivity contribution < 1.29 is 38.1 Å². The quantitative estimate of drug-likeness (QED) is 0.576. The van der Waals surface area contributed by atoms with Crippen molar-refractivity contribution in [2.45, 2.75) is 44.6 Å². The number of hydrogen-bond acceptors (Lipinski definition) is 5. The van der Waals surface area contributed by atoms with Gasteiger partial charge in [-0.1, -0.05) is 12.1 Å². The van der Waals surface area contributed by atoms with Gasteiger partial charge < -0.3 is 25.5 Å². The molecule has 7 nitrogen and oxygen atoms in total. The minimum atomic E-state index is -4.47. The standard InChI is InChI=1S/C20H21F3N2O5/c21-20(22,23)12-7-5-11(6-8-12)10-25-14-4-2-1-3-13(14)17(28)16(19(25)30)18(29)24-9-15(26)27/h5-8,19,28,30H,1-4,9-10H2,(H,24,29)(H,26,27). The second kappa shape index (κ2) is 8.39. The van der Waals surface area contributed by atoms with Crippen molar-refractivity contribution in [3.8, 4) is 0 Å². The predicted octanol–water partition coefficient (Wildman–Crippen LogP) is 2.68. The molecule has 30 heavy (non-hydrogen) atoms. The molecule has 1 amide bonds. The molecule has 3 rings (SSSR count). The number of carbonyl (C=O) groups excluding carboxylic acids is 1. The van der Waals surface area contributed by atoms with Gasteiger partial charge in [0.1, 0.15) is 17.9 Å². The van der Waals surface area contributed by atoms with Crippen molar-refractivity contribution in [1.82, 2.24) is 10.2 Å². The first-order valence-corrected chi connectivity index (χ1v) is 9.36. The topological polar surface area (TPSA) is 110 Å². The lowest BCUT2D eigenvalue weighted by Crippen LogP contribution is -2.46. The lowest BCUT2D eigenvalue weighted by atomic mass is 9.88. The van der Waals surface area contributed by atoms with Crippen molar-refractivity contribution in [3.63, 3.8) is 0 Å². The largest absolute Gasteiger partial charge is 0.507 e. The van der Waals surface area contributed by atoms with Crippen LogP contribution >= 0.6 is 0 Å². The number of alkyl halides is 3. The molecule has 10 heteroatoms. The number of carboxylic acids is 1. The lowest BCUT2D eigenvalue weighted by Gasteiger charge is -2.40. The Bertz CT molecular complexity index is 906. The summed E-state index contributed by atoms with van der Waals surface area (Å²) in [6.07, 6.45) is -3.49. The van der Waals surface area contributed by atoms with Crippen LogP contribution in [-0.2, 0) is 22.3 Å². The monoisotopic (exact) mass is 426 g/mol. The Labute approximate surface area is 170 Å². The molecule has 1 aliphatic heterocycles. The van der Waals surface area contributed by atoms with Gasteiger partial charge in [-0.2, -0.15) is 13.2 Å². The summed E-state index contributed by atoms with van der Waals surface area (Å²) in [5.41, 5.74) is 0.420. The van der Waals surface area contributed by atoms with Gasteiger partial charge in [0.15, 0.2) is 6.23 Å². The van der Waals surface area contributed by atoms with Crippen LogP contribution in [0, 0.1) is 0 Å². The molecule has 162 valence electrons. The van der Waals surface area contributed by atoms with Crippen LogP contribution in [0.2, 0.25) is 0 Å². The maximum Gasteiger partial charge on any atom is 0.416 e. The Morgan fingerprint density at radius 1 is 1.13 bits per heavy atom. The number of halogens is 3. The van der Waals surface area contributed by atoms with Gasteiger partial charge in [0.25, 0.3) is 5.91 Å². The van der Waals surface area contributed by atoms with Crippen molar-refractivity contribution in [1.29, 1.82) is 0 Å². The first-order valence-electron chi connectivity index (χ1n) is 9.36. The number of carboxylic acid groups (broad SMARTS) is 1. The number of hydrogen-bond donors (Lipinski definition) is 4. The average Bonchev–Trinajstić information content (AvgIpc) is 2.69. The number of benzene rings is 1. The van der Waals surface area contributed by atoms with Crippen molar-refractivity contribution >= 4 is 11.9 Å². The Morgan fingerprint density at radius 2 is 1.77 bits per heavy atom. The molecule has 0 aromatic heterocycles. The molecule has 4 N–H and O–H groups in total. The molecule has 0 radical (unpaired) electrons. The lowest BCUT2D eigenvalue weighted by molar-refractivity contribution is -0.138. The zero-order chi connectivity index (χ0) is 22.1. The average molecular weight is 426 g/mol. The van der Waals surface area contributed by atoms with E-state index in [0.717, 1.165) is 25.0 Å². The van der Waals surface area contributed by atoms with Crippen LogP contribution in [0.5, 0.6) is 0 Å². The SMILES string of the molecule is O=C(O)CNC(=O)C1=C(O)C2=C(CCCC2)N(Cc2ccc(C(F)(F)F)cc2)C1O. The van der Waals surface area contributed by atoms with E-state index >= 15 is 0 Å². The maximum atomic E-state index is 12.8. The molecule has 0 bridgehead atoms. The summed E-state index contributed by atoms with van der Waals surface area (Å²) in [6.45, 7) is -0.672. The van der Waals surface area contributed by atoms with Crippen LogP contribution in [0.3, 0.4) is 0 Å². The number of carbonyl (C=O) groups is 2. The molecule has 0 spiro atoms. The molecule has 0 saturated carbocycles. The highest BCUT2D eigenvalue weighted by Gasteiger charge is 2.38. The van der Waals surface area contributed by atoms with E-state index < -0.39 is 36.4 Å². The van der Waals surface area contributed by atoms with Crippen molar-refractivity contribution in [2.24, 2.45) is 0 Å². The Kier molecular flexibility index (Phi) is 6.06. The fourth-order valence-corrected chi connectivity index (χ4v) is 3.70. The third kappa shape index (κ3) is 4.43. The van der Waals surface area contributed by atoms with E-state index in [9.17, 15) is 33.0 Å². The van der Waals surface area contributed by atoms with E-state index in [2.05, 4.69) is 5.32 Å². The first-order chi connectivity index (χ1) is 14.1. The molecule has 1 atom stereocenters. The molecule has 1 aliphatic carbocycles. The Morgan fingerprint density at radius 3 is 2.37 bits per heavy atom. The van der Waals surface area contributed by atoms with Gasteiger partial charge in [-0.15, -0.1) is 0 Å². The van der Waals surface area contributed by atoms with E-state index in [1.165, 1.54) is 17.0 Å². The van der Waals surface area contributed by atoms with E-state index in [-0.39, 0.29) is 17.9 Å². The highest BCUT2D eigenvalue weighted by atomic mass is 19.4. The van der Waals surface area contributed by atoms with Gasteiger partial charge in [-0.3, -0.25) is 9.59 Å². The molecule has 2 aliphatic rings. The Hall–Kier alpha value is -3.01. The molecule has 1 aromatic rings. The summed E-state index contributed by atoms with van der Waals surface area (Å²) < 4.78 is 38.4. The number of aliphatic hydroxyl groups excluding tert-OH is 2. The number of nitrogens with zero attached hydrogens (tertiary/aromatic N) is 1. The van der Waals surface area contributed by atoms with Crippen LogP contribution in [0.1, 0.15) is 36.8 Å². The zero-order valence-corrected chi connectivity index (χ0v) is 15.9. The van der Waals surface area contributed by atoms with Crippen LogP contribution < -0.4 is 5.32 Å². The summed E-state index contributed by atoms with van der Waals surface area (Å²) >= 11 is 0. The van der Waals surface area contributed by atoms with Gasteiger partial charge in [0, 0.05) is 17.8 Å². The van der Waals surface area contributed by atoms with E-state index in [0.29, 0.717) is 29.7 Å². The summed E-state index contributed by atoms with van der Waals surface area (Å²) in [4.78, 5) is 24.6. The smallest absolute Gasteiger partial charge is 0.416 e. The Balaban J connectivity index is 1.91. The molecule has 0 saturated heterocycles. The van der Waals surface area contributed by atoms with Crippen molar-refractivity contribution in [3.05, 3.63) is 58.0 Å². The summed E-state index contributed by atoms with van der Waals surface area (Å²) in [5, 5.41) is 32.3. The van der Waals surface area contributed by atoms with Crippen LogP contribution in [0.4, 0.5) is 13.2 Å². The fourth-order valence-electron chi connectivity index (χ4n) is 3.70. The molecule has 0 fully saturated rings. The van der Waals surface area contributed by atoms with Crippen LogP contribution in [0.15, 0.2) is 46.9 Å². The van der Waals surface area contributed by atoms with Crippen LogP contribution in [0.25, 0.3) is 0 Å². The fraction of sp³-hybridized carbons (Fsp3) is 0.400. The van der Waals surface area contributed by atoms with Gasteiger partial charge in [0.05, 0.1) is 5.56 Å². The number of amides is 1. The highest BCUT2D eigenvalue weighted by molar-refractivity contribution is 5.97. The number of allylic oxidation sites excluding steroid dienone is 2. The number of aliphatic carboxylic acids is 1. The predicted molar refractivity (Wildman–Crippen MR) is 98.8 cm³/mol.